The molecule has 2 heterocycles. The Balaban J connectivity index is 1.55. The van der Waals surface area contributed by atoms with Crippen molar-refractivity contribution in [3.8, 4) is 0 Å². The number of amidine groups is 1. The standard InChI is InChI=1S/C15H26N2OS/c1-14(2)9-12(5-8-18-14)17-13-16-10-15(11-19-13)6-3-4-7-15/h12H,3-11H2,1-2H3,(H,16,17). The summed E-state index contributed by atoms with van der Waals surface area (Å²) in [5.41, 5.74) is 0.563. The monoisotopic (exact) mass is 282 g/mol. The molecule has 1 spiro atoms. The number of rotatable bonds is 1. The Bertz CT molecular complexity index is 361. The fraction of sp³-hybridized carbons (Fsp3) is 0.933. The summed E-state index contributed by atoms with van der Waals surface area (Å²) in [7, 11) is 0. The van der Waals surface area contributed by atoms with Gasteiger partial charge in [-0.05, 0) is 44.9 Å². The van der Waals surface area contributed by atoms with Crippen molar-refractivity contribution in [1.29, 1.82) is 0 Å². The van der Waals surface area contributed by atoms with Crippen molar-refractivity contribution >= 4 is 16.9 Å². The van der Waals surface area contributed by atoms with E-state index in [9.17, 15) is 0 Å². The van der Waals surface area contributed by atoms with E-state index in [-0.39, 0.29) is 5.60 Å². The Labute approximate surface area is 121 Å². The van der Waals surface area contributed by atoms with E-state index in [4.69, 9.17) is 9.73 Å². The smallest absolute Gasteiger partial charge is 0.156 e. The molecule has 3 nitrogen and oxygen atoms in total. The molecule has 1 aliphatic carbocycles. The third kappa shape index (κ3) is 3.27. The Kier molecular flexibility index (Phi) is 3.82. The molecule has 3 aliphatic rings. The van der Waals surface area contributed by atoms with E-state index >= 15 is 0 Å². The summed E-state index contributed by atoms with van der Waals surface area (Å²) in [6.07, 6.45) is 7.79. The zero-order valence-electron chi connectivity index (χ0n) is 12.2. The lowest BCUT2D eigenvalue weighted by Crippen LogP contribution is -2.46. The molecule has 3 rings (SSSR count). The van der Waals surface area contributed by atoms with E-state index in [1.807, 2.05) is 11.8 Å². The van der Waals surface area contributed by atoms with Crippen LogP contribution >= 0.6 is 11.8 Å². The lowest BCUT2D eigenvalue weighted by molar-refractivity contribution is -0.0603. The summed E-state index contributed by atoms with van der Waals surface area (Å²) < 4.78 is 5.77. The van der Waals surface area contributed by atoms with Crippen LogP contribution in [0, 0.1) is 5.41 Å². The SMILES string of the molecule is CC1(C)CC(NC2=NCC3(CCCC3)CS2)CCO1. The molecular formula is C15H26N2OS. The van der Waals surface area contributed by atoms with Crippen molar-refractivity contribution in [2.75, 3.05) is 18.9 Å². The number of thioether (sulfide) groups is 1. The third-order valence-electron chi connectivity index (χ3n) is 4.76. The minimum absolute atomic E-state index is 0.0164. The molecule has 2 aliphatic heterocycles. The highest BCUT2D eigenvalue weighted by Gasteiger charge is 2.37. The van der Waals surface area contributed by atoms with Crippen LogP contribution in [0.3, 0.4) is 0 Å². The molecule has 2 fully saturated rings. The summed E-state index contributed by atoms with van der Waals surface area (Å²) >= 11 is 1.95. The Morgan fingerprint density at radius 3 is 2.74 bits per heavy atom. The van der Waals surface area contributed by atoms with E-state index in [0.29, 0.717) is 11.5 Å². The van der Waals surface area contributed by atoms with Gasteiger partial charge >= 0.3 is 0 Å². The molecule has 1 N–H and O–H groups in total. The Hall–Kier alpha value is -0.220. The Morgan fingerprint density at radius 2 is 2.11 bits per heavy atom. The molecule has 0 aromatic rings. The minimum Gasteiger partial charge on any atom is -0.375 e. The number of nitrogens with one attached hydrogen (secondary N) is 1. The zero-order chi connectivity index (χ0) is 13.3. The van der Waals surface area contributed by atoms with Crippen molar-refractivity contribution in [3.63, 3.8) is 0 Å². The number of ether oxygens (including phenoxy) is 1. The second-order valence-corrected chi connectivity index (χ2v) is 8.02. The van der Waals surface area contributed by atoms with Gasteiger partial charge in [-0.3, -0.25) is 4.99 Å². The quantitative estimate of drug-likeness (QED) is 0.802. The molecular weight excluding hydrogens is 256 g/mol. The maximum atomic E-state index is 5.77. The van der Waals surface area contributed by atoms with Crippen molar-refractivity contribution in [2.45, 2.75) is 64.0 Å². The molecule has 4 heteroatoms. The van der Waals surface area contributed by atoms with E-state index in [1.165, 1.54) is 36.6 Å². The first kappa shape index (κ1) is 13.7. The number of hydrogen-bond donors (Lipinski definition) is 1. The fourth-order valence-electron chi connectivity index (χ4n) is 3.60. The summed E-state index contributed by atoms with van der Waals surface area (Å²) in [5, 5.41) is 4.83. The molecule has 19 heavy (non-hydrogen) atoms. The van der Waals surface area contributed by atoms with Crippen molar-refractivity contribution in [3.05, 3.63) is 0 Å². The van der Waals surface area contributed by atoms with E-state index in [0.717, 1.165) is 26.0 Å². The lowest BCUT2D eigenvalue weighted by atomic mass is 9.89. The number of aliphatic imine (C=N–C) groups is 1. The second-order valence-electron chi connectivity index (χ2n) is 7.06. The van der Waals surface area contributed by atoms with Gasteiger partial charge in [0.05, 0.1) is 5.60 Å². The highest BCUT2D eigenvalue weighted by molar-refractivity contribution is 8.13. The van der Waals surface area contributed by atoms with Crippen LogP contribution in [0.5, 0.6) is 0 Å². The minimum atomic E-state index is 0.0164. The molecule has 0 bridgehead atoms. The molecule has 0 radical (unpaired) electrons. The molecule has 108 valence electrons. The molecule has 1 saturated carbocycles. The van der Waals surface area contributed by atoms with E-state index < -0.39 is 0 Å². The van der Waals surface area contributed by atoms with Gasteiger partial charge in [0, 0.05) is 24.9 Å². The first-order chi connectivity index (χ1) is 9.07. The summed E-state index contributed by atoms with van der Waals surface area (Å²) in [5.74, 6) is 1.27. The van der Waals surface area contributed by atoms with Crippen LogP contribution < -0.4 is 5.32 Å². The second kappa shape index (κ2) is 5.28. The van der Waals surface area contributed by atoms with Crippen LogP contribution in [0.15, 0.2) is 4.99 Å². The van der Waals surface area contributed by atoms with Crippen molar-refractivity contribution in [2.24, 2.45) is 10.4 Å². The summed E-state index contributed by atoms with van der Waals surface area (Å²) in [6.45, 7) is 6.29. The van der Waals surface area contributed by atoms with Crippen LogP contribution in [0.4, 0.5) is 0 Å². The zero-order valence-corrected chi connectivity index (χ0v) is 13.0. The summed E-state index contributed by atoms with van der Waals surface area (Å²) in [6, 6.07) is 0.535. The first-order valence-corrected chi connectivity index (χ1v) is 8.63. The van der Waals surface area contributed by atoms with Gasteiger partial charge in [-0.1, -0.05) is 24.6 Å². The van der Waals surface area contributed by atoms with Crippen LogP contribution in [0.2, 0.25) is 0 Å². The van der Waals surface area contributed by atoms with Crippen molar-refractivity contribution < 1.29 is 4.74 Å². The highest BCUT2D eigenvalue weighted by atomic mass is 32.2. The largest absolute Gasteiger partial charge is 0.375 e. The Morgan fingerprint density at radius 1 is 1.32 bits per heavy atom. The van der Waals surface area contributed by atoms with Gasteiger partial charge in [-0.15, -0.1) is 0 Å². The van der Waals surface area contributed by atoms with Gasteiger partial charge in [0.15, 0.2) is 5.17 Å². The van der Waals surface area contributed by atoms with Gasteiger partial charge in [-0.25, -0.2) is 0 Å². The van der Waals surface area contributed by atoms with Crippen LogP contribution in [-0.4, -0.2) is 35.7 Å². The van der Waals surface area contributed by atoms with Crippen LogP contribution in [0.1, 0.15) is 52.4 Å². The number of hydrogen-bond acceptors (Lipinski definition) is 4. The average Bonchev–Trinajstić information content (AvgIpc) is 2.80. The van der Waals surface area contributed by atoms with Gasteiger partial charge < -0.3 is 10.1 Å². The molecule has 0 aromatic carbocycles. The van der Waals surface area contributed by atoms with Crippen molar-refractivity contribution in [1.82, 2.24) is 5.32 Å². The topological polar surface area (TPSA) is 33.6 Å². The fourth-order valence-corrected chi connectivity index (χ4v) is 4.83. The van der Waals surface area contributed by atoms with Crippen LogP contribution in [-0.2, 0) is 4.74 Å². The molecule has 0 amide bonds. The maximum absolute atomic E-state index is 5.77. The van der Waals surface area contributed by atoms with Gasteiger partial charge in [0.2, 0.25) is 0 Å². The maximum Gasteiger partial charge on any atom is 0.156 e. The van der Waals surface area contributed by atoms with Gasteiger partial charge in [0.25, 0.3) is 0 Å². The van der Waals surface area contributed by atoms with E-state index in [1.54, 1.807) is 0 Å². The van der Waals surface area contributed by atoms with Gasteiger partial charge in [0.1, 0.15) is 0 Å². The first-order valence-electron chi connectivity index (χ1n) is 7.65. The predicted octanol–water partition coefficient (Wildman–Crippen LogP) is 3.20. The molecule has 1 saturated heterocycles. The third-order valence-corrected chi connectivity index (χ3v) is 6.04. The normalized spacial score (nSPS) is 33.2. The average molecular weight is 282 g/mol. The highest BCUT2D eigenvalue weighted by Crippen LogP contribution is 2.43. The van der Waals surface area contributed by atoms with E-state index in [2.05, 4.69) is 19.2 Å². The molecule has 1 atom stereocenters. The van der Waals surface area contributed by atoms with Crippen LogP contribution in [0.25, 0.3) is 0 Å². The van der Waals surface area contributed by atoms with Gasteiger partial charge in [-0.2, -0.15) is 0 Å². The molecule has 1 unspecified atom stereocenters. The summed E-state index contributed by atoms with van der Waals surface area (Å²) in [4.78, 5) is 4.83. The molecule has 0 aromatic heterocycles. The lowest BCUT2D eigenvalue weighted by Gasteiger charge is -2.37. The predicted molar refractivity (Wildman–Crippen MR) is 81.8 cm³/mol. The number of nitrogens with zero attached hydrogens (tertiary/aromatic N) is 1.